The van der Waals surface area contributed by atoms with Crippen molar-refractivity contribution >= 4 is 15.9 Å². The SMILES string of the molecule is CCOc1ccc(S(=O)(=O)N(C)CC(=O)NCCN2CCOCC2)cc1C. The first-order chi connectivity index (χ1) is 12.8. The van der Waals surface area contributed by atoms with Gasteiger partial charge in [0.05, 0.1) is 31.3 Å². The highest BCUT2D eigenvalue weighted by atomic mass is 32.2. The van der Waals surface area contributed by atoms with E-state index in [1.165, 1.54) is 13.1 Å². The standard InChI is InChI=1S/C18H29N3O5S/c1-4-26-17-6-5-16(13-15(17)2)27(23,24)20(3)14-18(22)19-7-8-21-9-11-25-12-10-21/h5-6,13H,4,7-12,14H2,1-3H3,(H,19,22). The van der Waals surface area contributed by atoms with Crippen molar-refractivity contribution in [1.82, 2.24) is 14.5 Å². The van der Waals surface area contributed by atoms with Gasteiger partial charge in [0.2, 0.25) is 15.9 Å². The fourth-order valence-electron chi connectivity index (χ4n) is 2.80. The Bertz CT molecular complexity index is 733. The molecule has 1 aromatic rings. The highest BCUT2D eigenvalue weighted by Gasteiger charge is 2.23. The maximum atomic E-state index is 12.7. The van der Waals surface area contributed by atoms with Crippen molar-refractivity contribution < 1.29 is 22.7 Å². The largest absolute Gasteiger partial charge is 0.494 e. The molecule has 8 nitrogen and oxygen atoms in total. The zero-order valence-electron chi connectivity index (χ0n) is 16.2. The number of morpholine rings is 1. The van der Waals surface area contributed by atoms with E-state index >= 15 is 0 Å². The third-order valence-corrected chi connectivity index (χ3v) is 6.17. The molecule has 1 aliphatic rings. The Morgan fingerprint density at radius 3 is 2.67 bits per heavy atom. The Kier molecular flexibility index (Phi) is 8.03. The van der Waals surface area contributed by atoms with Gasteiger partial charge < -0.3 is 14.8 Å². The lowest BCUT2D eigenvalue weighted by Gasteiger charge is -2.26. The Labute approximate surface area is 161 Å². The molecule has 0 radical (unpaired) electrons. The maximum Gasteiger partial charge on any atom is 0.243 e. The Morgan fingerprint density at radius 1 is 1.33 bits per heavy atom. The van der Waals surface area contributed by atoms with E-state index in [0.717, 1.165) is 29.5 Å². The molecule has 0 saturated carbocycles. The molecular weight excluding hydrogens is 370 g/mol. The van der Waals surface area contributed by atoms with Crippen molar-refractivity contribution in [1.29, 1.82) is 0 Å². The van der Waals surface area contributed by atoms with Crippen molar-refractivity contribution in [3.63, 3.8) is 0 Å². The molecule has 152 valence electrons. The summed E-state index contributed by atoms with van der Waals surface area (Å²) in [6.45, 7) is 8.26. The van der Waals surface area contributed by atoms with Crippen LogP contribution in [0.3, 0.4) is 0 Å². The summed E-state index contributed by atoms with van der Waals surface area (Å²) in [5, 5.41) is 2.77. The molecule has 1 aliphatic heterocycles. The van der Waals surface area contributed by atoms with Crippen molar-refractivity contribution in [2.45, 2.75) is 18.7 Å². The quantitative estimate of drug-likeness (QED) is 0.649. The van der Waals surface area contributed by atoms with Gasteiger partial charge in [-0.05, 0) is 37.6 Å². The predicted molar refractivity (Wildman–Crippen MR) is 102 cm³/mol. The van der Waals surface area contributed by atoms with Crippen LogP contribution >= 0.6 is 0 Å². The average Bonchev–Trinajstić information content (AvgIpc) is 2.64. The van der Waals surface area contributed by atoms with E-state index in [2.05, 4.69) is 10.2 Å². The number of benzene rings is 1. The maximum absolute atomic E-state index is 12.7. The van der Waals surface area contributed by atoms with E-state index in [1.54, 1.807) is 19.1 Å². The summed E-state index contributed by atoms with van der Waals surface area (Å²) >= 11 is 0. The number of hydrogen-bond acceptors (Lipinski definition) is 6. The number of carbonyl (C=O) groups is 1. The van der Waals surface area contributed by atoms with E-state index in [1.807, 2.05) is 6.92 Å². The van der Waals surface area contributed by atoms with Gasteiger partial charge in [-0.1, -0.05) is 0 Å². The molecule has 2 rings (SSSR count). The Hall–Kier alpha value is -1.68. The molecule has 0 unspecified atom stereocenters. The number of hydrogen-bond donors (Lipinski definition) is 1. The molecule has 9 heteroatoms. The number of aryl methyl sites for hydroxylation is 1. The summed E-state index contributed by atoms with van der Waals surface area (Å²) in [5.74, 6) is 0.331. The fourth-order valence-corrected chi connectivity index (χ4v) is 4.01. The van der Waals surface area contributed by atoms with Crippen LogP contribution in [-0.2, 0) is 19.6 Å². The summed E-state index contributed by atoms with van der Waals surface area (Å²) in [7, 11) is -2.34. The lowest BCUT2D eigenvalue weighted by Crippen LogP contribution is -2.43. The molecule has 1 saturated heterocycles. The minimum absolute atomic E-state index is 0.145. The molecule has 1 amide bonds. The van der Waals surface area contributed by atoms with Crippen molar-refractivity contribution in [2.75, 3.05) is 59.6 Å². The number of likely N-dealkylation sites (N-methyl/N-ethyl adjacent to an activating group) is 1. The molecule has 1 heterocycles. The lowest BCUT2D eigenvalue weighted by atomic mass is 10.2. The zero-order chi connectivity index (χ0) is 19.9. The molecule has 0 aromatic heterocycles. The summed E-state index contributed by atoms with van der Waals surface area (Å²) in [6.07, 6.45) is 0. The summed E-state index contributed by atoms with van der Waals surface area (Å²) in [4.78, 5) is 14.4. The molecule has 0 aliphatic carbocycles. The Balaban J connectivity index is 1.88. The number of rotatable bonds is 9. The van der Waals surface area contributed by atoms with E-state index in [9.17, 15) is 13.2 Å². The average molecular weight is 400 g/mol. The molecule has 0 spiro atoms. The summed E-state index contributed by atoms with van der Waals surface area (Å²) in [6, 6.07) is 4.70. The molecule has 1 fully saturated rings. The van der Waals surface area contributed by atoms with Crippen molar-refractivity contribution in [2.24, 2.45) is 0 Å². The second-order valence-corrected chi connectivity index (χ2v) is 8.47. The van der Waals surface area contributed by atoms with Crippen molar-refractivity contribution in [3.8, 4) is 5.75 Å². The number of carbonyl (C=O) groups excluding carboxylic acids is 1. The first kappa shape index (κ1) is 21.6. The van der Waals surface area contributed by atoms with Crippen LogP contribution in [0.1, 0.15) is 12.5 Å². The minimum atomic E-state index is -3.74. The lowest BCUT2D eigenvalue weighted by molar-refractivity contribution is -0.121. The monoisotopic (exact) mass is 399 g/mol. The molecule has 0 atom stereocenters. The number of ether oxygens (including phenoxy) is 2. The molecular formula is C18H29N3O5S. The van der Waals surface area contributed by atoms with Gasteiger partial charge in [-0.15, -0.1) is 0 Å². The zero-order valence-corrected chi connectivity index (χ0v) is 17.0. The van der Waals surface area contributed by atoms with Gasteiger partial charge in [0, 0.05) is 33.2 Å². The van der Waals surface area contributed by atoms with Crippen LogP contribution in [0.25, 0.3) is 0 Å². The first-order valence-corrected chi connectivity index (χ1v) is 10.5. The van der Waals surface area contributed by atoms with Crippen molar-refractivity contribution in [3.05, 3.63) is 23.8 Å². The van der Waals surface area contributed by atoms with Crippen LogP contribution in [-0.4, -0.2) is 83.1 Å². The Morgan fingerprint density at radius 2 is 2.04 bits per heavy atom. The van der Waals surface area contributed by atoms with Gasteiger partial charge in [-0.3, -0.25) is 9.69 Å². The summed E-state index contributed by atoms with van der Waals surface area (Å²) in [5.41, 5.74) is 0.737. The number of nitrogens with zero attached hydrogens (tertiary/aromatic N) is 2. The van der Waals surface area contributed by atoms with E-state index in [-0.39, 0.29) is 17.3 Å². The van der Waals surface area contributed by atoms with Crippen LogP contribution in [0.15, 0.2) is 23.1 Å². The molecule has 27 heavy (non-hydrogen) atoms. The highest BCUT2D eigenvalue weighted by Crippen LogP contribution is 2.23. The van der Waals surface area contributed by atoms with Gasteiger partial charge in [0.25, 0.3) is 0 Å². The van der Waals surface area contributed by atoms with Crippen LogP contribution in [0.4, 0.5) is 0 Å². The normalized spacial score (nSPS) is 15.7. The van der Waals surface area contributed by atoms with E-state index < -0.39 is 10.0 Å². The minimum Gasteiger partial charge on any atom is -0.494 e. The van der Waals surface area contributed by atoms with E-state index in [4.69, 9.17) is 9.47 Å². The van der Waals surface area contributed by atoms with Gasteiger partial charge in [0.15, 0.2) is 0 Å². The topological polar surface area (TPSA) is 88.2 Å². The van der Waals surface area contributed by atoms with Crippen LogP contribution in [0, 0.1) is 6.92 Å². The van der Waals surface area contributed by atoms with E-state index in [0.29, 0.717) is 32.1 Å². The third-order valence-electron chi connectivity index (χ3n) is 4.37. The molecule has 1 N–H and O–H groups in total. The fraction of sp³-hybridized carbons (Fsp3) is 0.611. The number of nitrogens with one attached hydrogen (secondary N) is 1. The smallest absolute Gasteiger partial charge is 0.243 e. The van der Waals surface area contributed by atoms with Crippen LogP contribution in [0.2, 0.25) is 0 Å². The third kappa shape index (κ3) is 6.17. The number of amides is 1. The van der Waals surface area contributed by atoms with Crippen LogP contribution < -0.4 is 10.1 Å². The van der Waals surface area contributed by atoms with Gasteiger partial charge in [0.1, 0.15) is 5.75 Å². The first-order valence-electron chi connectivity index (χ1n) is 9.11. The van der Waals surface area contributed by atoms with Gasteiger partial charge in [-0.2, -0.15) is 4.31 Å². The predicted octanol–water partition coefficient (Wildman–Crippen LogP) is 0.463. The highest BCUT2D eigenvalue weighted by molar-refractivity contribution is 7.89. The molecule has 0 bridgehead atoms. The van der Waals surface area contributed by atoms with Gasteiger partial charge >= 0.3 is 0 Å². The number of sulfonamides is 1. The molecule has 1 aromatic carbocycles. The second kappa shape index (κ2) is 10.0. The summed E-state index contributed by atoms with van der Waals surface area (Å²) < 4.78 is 37.2. The second-order valence-electron chi connectivity index (χ2n) is 6.43. The van der Waals surface area contributed by atoms with Gasteiger partial charge in [-0.25, -0.2) is 8.42 Å². The van der Waals surface area contributed by atoms with Crippen LogP contribution in [0.5, 0.6) is 5.75 Å².